The predicted molar refractivity (Wildman–Crippen MR) is 102 cm³/mol. The van der Waals surface area contributed by atoms with Gasteiger partial charge in [0, 0.05) is 38.4 Å². The summed E-state index contributed by atoms with van der Waals surface area (Å²) in [5.41, 5.74) is -0.909. The smallest absolute Gasteiger partial charge is 0.417 e. The van der Waals surface area contributed by atoms with Crippen LogP contribution in [0, 0.1) is 5.92 Å². The molecule has 1 fully saturated rings. The maximum Gasteiger partial charge on any atom is 0.417 e. The highest BCUT2D eigenvalue weighted by Gasteiger charge is 2.31. The van der Waals surface area contributed by atoms with Gasteiger partial charge in [-0.2, -0.15) is 13.2 Å². The van der Waals surface area contributed by atoms with Gasteiger partial charge in [-0.1, -0.05) is 11.6 Å². The maximum atomic E-state index is 12.6. The monoisotopic (exact) mass is 422 g/mol. The van der Waals surface area contributed by atoms with E-state index in [1.807, 2.05) is 13.8 Å². The summed E-state index contributed by atoms with van der Waals surface area (Å²) in [6, 6.07) is 0.806. The second-order valence-electron chi connectivity index (χ2n) is 6.35. The Balaban J connectivity index is 1.87. The fourth-order valence-electron chi connectivity index (χ4n) is 2.85. The van der Waals surface area contributed by atoms with Crippen LogP contribution in [0.25, 0.3) is 0 Å². The third kappa shape index (κ3) is 6.70. The fraction of sp³-hybridized carbons (Fsp3) is 0.667. The van der Waals surface area contributed by atoms with Crippen LogP contribution in [-0.2, 0) is 10.9 Å². The molecule has 0 amide bonds. The van der Waals surface area contributed by atoms with Crippen molar-refractivity contribution in [3.63, 3.8) is 0 Å². The summed E-state index contributed by atoms with van der Waals surface area (Å²) in [4.78, 5) is 10.4. The number of aromatic nitrogens is 1. The van der Waals surface area contributed by atoms with Gasteiger partial charge < -0.3 is 19.7 Å². The summed E-state index contributed by atoms with van der Waals surface area (Å²) in [6.07, 6.45) is -2.74. The Morgan fingerprint density at radius 1 is 1.43 bits per heavy atom. The quantitative estimate of drug-likeness (QED) is 0.395. The largest absolute Gasteiger partial charge is 0.475 e. The highest BCUT2D eigenvalue weighted by atomic mass is 35.5. The number of pyridine rings is 1. The molecule has 10 heteroatoms. The van der Waals surface area contributed by atoms with E-state index < -0.39 is 11.7 Å². The van der Waals surface area contributed by atoms with Gasteiger partial charge in [0.2, 0.25) is 5.88 Å². The molecule has 0 spiro atoms. The number of rotatable bonds is 8. The van der Waals surface area contributed by atoms with Crippen LogP contribution in [0.2, 0.25) is 5.02 Å². The van der Waals surface area contributed by atoms with Gasteiger partial charge >= 0.3 is 6.18 Å². The van der Waals surface area contributed by atoms with Gasteiger partial charge in [-0.25, -0.2) is 9.98 Å². The van der Waals surface area contributed by atoms with E-state index in [0.29, 0.717) is 25.3 Å². The zero-order valence-corrected chi connectivity index (χ0v) is 16.8. The van der Waals surface area contributed by atoms with Crippen LogP contribution in [0.1, 0.15) is 25.8 Å². The molecule has 1 aliphatic rings. The molecule has 0 aromatic carbocycles. The van der Waals surface area contributed by atoms with Crippen molar-refractivity contribution in [3.8, 4) is 5.88 Å². The van der Waals surface area contributed by atoms with E-state index in [4.69, 9.17) is 21.1 Å². The molecule has 1 N–H and O–H groups in total. The van der Waals surface area contributed by atoms with Gasteiger partial charge in [-0.3, -0.25) is 0 Å². The molecule has 28 heavy (non-hydrogen) atoms. The molecule has 0 saturated carbocycles. The van der Waals surface area contributed by atoms with E-state index in [-0.39, 0.29) is 17.5 Å². The SMILES string of the molecule is CCNC(=NCCOc1ncc(C(F)(F)F)cc1Cl)N1CCC(COCC)C1. The van der Waals surface area contributed by atoms with Crippen LogP contribution < -0.4 is 10.1 Å². The van der Waals surface area contributed by atoms with E-state index in [9.17, 15) is 13.2 Å². The van der Waals surface area contributed by atoms with Gasteiger partial charge in [0.15, 0.2) is 5.96 Å². The Morgan fingerprint density at radius 2 is 2.21 bits per heavy atom. The second kappa shape index (κ2) is 10.7. The van der Waals surface area contributed by atoms with Crippen LogP contribution >= 0.6 is 11.6 Å². The highest BCUT2D eigenvalue weighted by molar-refractivity contribution is 6.31. The number of hydrogen-bond donors (Lipinski definition) is 1. The van der Waals surface area contributed by atoms with Crippen molar-refractivity contribution in [3.05, 3.63) is 22.8 Å². The average Bonchev–Trinajstić information content (AvgIpc) is 3.11. The minimum Gasteiger partial charge on any atom is -0.475 e. The van der Waals surface area contributed by atoms with Crippen molar-refractivity contribution in [1.29, 1.82) is 0 Å². The molecule has 1 aliphatic heterocycles. The van der Waals surface area contributed by atoms with E-state index in [1.165, 1.54) is 0 Å². The molecule has 158 valence electrons. The van der Waals surface area contributed by atoms with Gasteiger partial charge in [-0.15, -0.1) is 0 Å². The standard InChI is InChI=1S/C18H26ClF3N4O2/c1-3-23-17(26-7-5-13(11-26)12-27-4-2)24-6-8-28-16-15(19)9-14(10-25-16)18(20,21)22/h9-10,13H,3-8,11-12H2,1-2H3,(H,23,24). The normalized spacial score (nSPS) is 17.9. The molecule has 2 rings (SSSR count). The molecule has 1 atom stereocenters. The van der Waals surface area contributed by atoms with Crippen molar-refractivity contribution in [2.24, 2.45) is 10.9 Å². The van der Waals surface area contributed by atoms with Crippen molar-refractivity contribution in [2.75, 3.05) is 46.0 Å². The number of guanidine groups is 1. The molecule has 0 bridgehead atoms. The Morgan fingerprint density at radius 3 is 2.86 bits per heavy atom. The first kappa shape index (κ1) is 22.5. The van der Waals surface area contributed by atoms with Gasteiger partial charge in [0.1, 0.15) is 11.6 Å². The van der Waals surface area contributed by atoms with E-state index in [0.717, 1.165) is 44.7 Å². The number of likely N-dealkylation sites (tertiary alicyclic amines) is 1. The summed E-state index contributed by atoms with van der Waals surface area (Å²) in [5.74, 6) is 1.24. The number of nitrogens with one attached hydrogen (secondary N) is 1. The Hall–Kier alpha value is -1.74. The molecule has 0 aliphatic carbocycles. The Kier molecular flexibility index (Phi) is 8.62. The minimum atomic E-state index is -4.49. The first-order valence-electron chi connectivity index (χ1n) is 9.31. The number of halogens is 4. The van der Waals surface area contributed by atoms with Crippen molar-refractivity contribution in [2.45, 2.75) is 26.4 Å². The first-order chi connectivity index (χ1) is 13.3. The molecule has 1 aromatic rings. The second-order valence-corrected chi connectivity index (χ2v) is 6.76. The number of ether oxygens (including phenoxy) is 2. The number of aliphatic imine (C=N–C) groups is 1. The molecule has 1 aromatic heterocycles. The zero-order chi connectivity index (χ0) is 20.6. The molecule has 0 radical (unpaired) electrons. The molecular weight excluding hydrogens is 397 g/mol. The number of alkyl halides is 3. The van der Waals surface area contributed by atoms with E-state index in [2.05, 4.69) is 20.2 Å². The topological polar surface area (TPSA) is 59.0 Å². The zero-order valence-electron chi connectivity index (χ0n) is 16.1. The first-order valence-corrected chi connectivity index (χ1v) is 9.69. The van der Waals surface area contributed by atoms with Gasteiger partial charge in [0.05, 0.1) is 18.7 Å². The maximum absolute atomic E-state index is 12.6. The molecule has 1 unspecified atom stereocenters. The lowest BCUT2D eigenvalue weighted by atomic mass is 10.1. The van der Waals surface area contributed by atoms with Crippen LogP contribution in [-0.4, -0.2) is 61.8 Å². The molecule has 1 saturated heterocycles. The van der Waals surface area contributed by atoms with Crippen LogP contribution in [0.3, 0.4) is 0 Å². The summed E-state index contributed by atoms with van der Waals surface area (Å²) in [5, 5.41) is 3.07. The minimum absolute atomic E-state index is 0.0344. The summed E-state index contributed by atoms with van der Waals surface area (Å²) in [6.45, 7) is 8.42. The average molecular weight is 423 g/mol. The van der Waals surface area contributed by atoms with Crippen LogP contribution in [0.5, 0.6) is 5.88 Å². The third-order valence-electron chi connectivity index (χ3n) is 4.20. The lowest BCUT2D eigenvalue weighted by molar-refractivity contribution is -0.137. The molecular formula is C18H26ClF3N4O2. The van der Waals surface area contributed by atoms with E-state index >= 15 is 0 Å². The Labute approximate surface area is 168 Å². The van der Waals surface area contributed by atoms with Crippen molar-refractivity contribution < 1.29 is 22.6 Å². The molecule has 2 heterocycles. The van der Waals surface area contributed by atoms with Crippen LogP contribution in [0.4, 0.5) is 13.2 Å². The van der Waals surface area contributed by atoms with Crippen molar-refractivity contribution >= 4 is 17.6 Å². The number of nitrogens with zero attached hydrogens (tertiary/aromatic N) is 3. The van der Waals surface area contributed by atoms with Gasteiger partial charge in [0.25, 0.3) is 0 Å². The van der Waals surface area contributed by atoms with E-state index in [1.54, 1.807) is 0 Å². The summed E-state index contributed by atoms with van der Waals surface area (Å²) in [7, 11) is 0. The van der Waals surface area contributed by atoms with Crippen LogP contribution in [0.15, 0.2) is 17.3 Å². The predicted octanol–water partition coefficient (Wildman–Crippen LogP) is 3.46. The van der Waals surface area contributed by atoms with Crippen molar-refractivity contribution in [1.82, 2.24) is 15.2 Å². The highest BCUT2D eigenvalue weighted by Crippen LogP contribution is 2.33. The lowest BCUT2D eigenvalue weighted by Gasteiger charge is -2.21. The molecule has 6 nitrogen and oxygen atoms in total. The third-order valence-corrected chi connectivity index (χ3v) is 4.48. The fourth-order valence-corrected chi connectivity index (χ4v) is 3.07. The lowest BCUT2D eigenvalue weighted by Crippen LogP contribution is -2.40. The summed E-state index contributed by atoms with van der Waals surface area (Å²) >= 11 is 5.83. The Bertz CT molecular complexity index is 658. The van der Waals surface area contributed by atoms with Gasteiger partial charge in [-0.05, 0) is 26.3 Å². The number of hydrogen-bond acceptors (Lipinski definition) is 4. The summed E-state index contributed by atoms with van der Waals surface area (Å²) < 4.78 is 48.8.